The van der Waals surface area contributed by atoms with E-state index in [-0.39, 0.29) is 24.5 Å². The molecule has 0 aromatic heterocycles. The van der Waals surface area contributed by atoms with E-state index >= 15 is 0 Å². The van der Waals surface area contributed by atoms with Crippen LogP contribution in [0.5, 0.6) is 0 Å². The Morgan fingerprint density at radius 2 is 2.00 bits per heavy atom. The van der Waals surface area contributed by atoms with Gasteiger partial charge >= 0.3 is 17.9 Å². The monoisotopic (exact) mass is 420 g/mol. The molecular weight excluding hydrogens is 392 g/mol. The molecule has 2 heterocycles. The summed E-state index contributed by atoms with van der Waals surface area (Å²) in [6, 6.07) is 0. The first-order valence-electron chi connectivity index (χ1n) is 10.3. The largest absolute Gasteiger partial charge is 0.461 e. The van der Waals surface area contributed by atoms with Crippen molar-refractivity contribution in [1.29, 1.82) is 0 Å². The summed E-state index contributed by atoms with van der Waals surface area (Å²) >= 11 is 0. The maximum absolute atomic E-state index is 12.8. The van der Waals surface area contributed by atoms with Crippen LogP contribution < -0.4 is 0 Å². The van der Waals surface area contributed by atoms with E-state index in [0.29, 0.717) is 17.6 Å². The van der Waals surface area contributed by atoms with Gasteiger partial charge in [0, 0.05) is 30.4 Å². The second kappa shape index (κ2) is 6.65. The smallest absolute Gasteiger partial charge is 0.338 e. The number of esters is 3. The number of carbonyl (C=O) groups is 3. The molecule has 1 N–H and O–H groups in total. The Morgan fingerprint density at radius 3 is 2.60 bits per heavy atom. The summed E-state index contributed by atoms with van der Waals surface area (Å²) < 4.78 is 22.8. The summed E-state index contributed by atoms with van der Waals surface area (Å²) in [5.41, 5.74) is -1.62. The van der Waals surface area contributed by atoms with Gasteiger partial charge in [-0.1, -0.05) is 6.08 Å². The van der Waals surface area contributed by atoms with Crippen molar-refractivity contribution < 1.29 is 38.4 Å². The highest BCUT2D eigenvalue weighted by atomic mass is 16.7. The van der Waals surface area contributed by atoms with Gasteiger partial charge in [-0.2, -0.15) is 0 Å². The highest BCUT2D eigenvalue weighted by molar-refractivity contribution is 5.94. The van der Waals surface area contributed by atoms with Crippen LogP contribution in [0, 0.1) is 5.92 Å². The van der Waals surface area contributed by atoms with Gasteiger partial charge in [0.1, 0.15) is 18.3 Å². The van der Waals surface area contributed by atoms with Crippen molar-refractivity contribution in [2.75, 3.05) is 6.61 Å². The van der Waals surface area contributed by atoms with Crippen molar-refractivity contribution in [3.63, 3.8) is 0 Å². The summed E-state index contributed by atoms with van der Waals surface area (Å²) in [4.78, 5) is 36.7. The molecule has 1 saturated heterocycles. The van der Waals surface area contributed by atoms with Crippen LogP contribution in [0.25, 0.3) is 0 Å². The maximum Gasteiger partial charge on any atom is 0.338 e. The van der Waals surface area contributed by atoms with Gasteiger partial charge in [0.25, 0.3) is 0 Å². The highest BCUT2D eigenvalue weighted by Crippen LogP contribution is 2.70. The quantitative estimate of drug-likeness (QED) is 0.317. The lowest BCUT2D eigenvalue weighted by atomic mass is 9.76. The van der Waals surface area contributed by atoms with E-state index in [1.807, 2.05) is 6.92 Å². The van der Waals surface area contributed by atoms with E-state index in [2.05, 4.69) is 0 Å². The number of epoxide rings is 1. The topological polar surface area (TPSA) is 112 Å². The second-order valence-corrected chi connectivity index (χ2v) is 9.14. The third kappa shape index (κ3) is 2.84. The lowest BCUT2D eigenvalue weighted by Crippen LogP contribution is -2.47. The van der Waals surface area contributed by atoms with Crippen LogP contribution in [0.3, 0.4) is 0 Å². The van der Waals surface area contributed by atoms with E-state index in [0.717, 1.165) is 6.42 Å². The van der Waals surface area contributed by atoms with Crippen molar-refractivity contribution in [2.24, 2.45) is 5.92 Å². The lowest BCUT2D eigenvalue weighted by molar-refractivity contribution is -0.148. The van der Waals surface area contributed by atoms with Crippen LogP contribution in [-0.4, -0.2) is 58.6 Å². The van der Waals surface area contributed by atoms with Crippen LogP contribution in [0.15, 0.2) is 22.8 Å². The SMILES string of the molecule is CC=C(C)C(=O)OC1CC(C)(O)C2CCC3(C)OC23C2OC(=O)C(COC(C)=O)=C12. The van der Waals surface area contributed by atoms with Gasteiger partial charge in [-0.05, 0) is 40.5 Å². The Kier molecular flexibility index (Phi) is 4.67. The van der Waals surface area contributed by atoms with Gasteiger partial charge in [0.15, 0.2) is 6.10 Å². The van der Waals surface area contributed by atoms with Crippen LogP contribution in [0.1, 0.15) is 53.9 Å². The standard InChI is InChI=1S/C22H28O8/c1-6-11(2)18(24)28-14-9-20(4,26)15-7-8-21(5)22(15,30-21)17-16(14)13(19(25)29-17)10-27-12(3)23/h6,14-15,17,26H,7-10H2,1-5H3. The van der Waals surface area contributed by atoms with Crippen molar-refractivity contribution >= 4 is 17.9 Å². The molecule has 30 heavy (non-hydrogen) atoms. The lowest BCUT2D eigenvalue weighted by Gasteiger charge is -2.34. The molecule has 2 saturated carbocycles. The minimum absolute atomic E-state index is 0.0909. The number of carbonyl (C=O) groups excluding carboxylic acids is 3. The Hall–Kier alpha value is -2.19. The Morgan fingerprint density at radius 1 is 1.30 bits per heavy atom. The van der Waals surface area contributed by atoms with Gasteiger partial charge < -0.3 is 24.1 Å². The number of rotatable bonds is 4. The summed E-state index contributed by atoms with van der Waals surface area (Å²) in [6.07, 6.45) is 1.46. The van der Waals surface area contributed by atoms with E-state index in [9.17, 15) is 19.5 Å². The van der Waals surface area contributed by atoms with E-state index in [1.165, 1.54) is 6.92 Å². The van der Waals surface area contributed by atoms with Crippen LogP contribution in [0.4, 0.5) is 0 Å². The molecule has 6 atom stereocenters. The van der Waals surface area contributed by atoms with Gasteiger partial charge in [-0.25, -0.2) is 9.59 Å². The van der Waals surface area contributed by atoms with Gasteiger partial charge in [-0.15, -0.1) is 0 Å². The van der Waals surface area contributed by atoms with Crippen molar-refractivity contribution in [3.8, 4) is 0 Å². The zero-order valence-electron chi connectivity index (χ0n) is 17.9. The summed E-state index contributed by atoms with van der Waals surface area (Å²) in [6.45, 7) is 7.99. The molecule has 1 spiro atoms. The number of fused-ring (bicyclic) bond motifs is 1. The second-order valence-electron chi connectivity index (χ2n) is 9.14. The van der Waals surface area contributed by atoms with Crippen LogP contribution >= 0.6 is 0 Å². The average molecular weight is 420 g/mol. The fraction of sp³-hybridized carbons (Fsp3) is 0.682. The van der Waals surface area contributed by atoms with E-state index < -0.39 is 46.9 Å². The Labute approximate surface area is 175 Å². The summed E-state index contributed by atoms with van der Waals surface area (Å²) in [7, 11) is 0. The molecule has 4 rings (SSSR count). The van der Waals surface area contributed by atoms with E-state index in [4.69, 9.17) is 18.9 Å². The Bertz CT molecular complexity index is 884. The third-order valence-corrected chi connectivity index (χ3v) is 7.22. The molecule has 8 heteroatoms. The first kappa shape index (κ1) is 21.1. The van der Waals surface area contributed by atoms with Crippen molar-refractivity contribution in [1.82, 2.24) is 0 Å². The molecule has 0 radical (unpaired) electrons. The zero-order valence-corrected chi connectivity index (χ0v) is 17.9. The average Bonchev–Trinajstić information content (AvgIpc) is 2.98. The predicted octanol–water partition coefficient (Wildman–Crippen LogP) is 1.74. The van der Waals surface area contributed by atoms with Gasteiger partial charge in [0.05, 0.1) is 16.8 Å². The molecule has 0 bridgehead atoms. The highest BCUT2D eigenvalue weighted by Gasteiger charge is 2.83. The minimum Gasteiger partial charge on any atom is -0.461 e. The molecule has 3 fully saturated rings. The fourth-order valence-corrected chi connectivity index (χ4v) is 5.54. The summed E-state index contributed by atoms with van der Waals surface area (Å²) in [5.74, 6) is -1.98. The molecule has 2 aliphatic heterocycles. The zero-order chi connectivity index (χ0) is 22.1. The number of ether oxygens (including phenoxy) is 4. The van der Waals surface area contributed by atoms with Crippen LogP contribution in [-0.2, 0) is 33.3 Å². The van der Waals surface area contributed by atoms with Crippen molar-refractivity contribution in [3.05, 3.63) is 22.8 Å². The number of hydrogen-bond donors (Lipinski definition) is 1. The molecule has 8 nitrogen and oxygen atoms in total. The minimum atomic E-state index is -1.21. The number of hydrogen-bond acceptors (Lipinski definition) is 8. The molecule has 0 aromatic rings. The van der Waals surface area contributed by atoms with Crippen molar-refractivity contribution in [2.45, 2.75) is 82.9 Å². The maximum atomic E-state index is 12.8. The number of allylic oxidation sites excluding steroid dienone is 1. The summed E-state index contributed by atoms with van der Waals surface area (Å²) in [5, 5.41) is 11.4. The molecule has 164 valence electrons. The molecule has 4 aliphatic rings. The predicted molar refractivity (Wildman–Crippen MR) is 103 cm³/mol. The van der Waals surface area contributed by atoms with Crippen LogP contribution in [0.2, 0.25) is 0 Å². The molecular formula is C22H28O8. The molecule has 0 amide bonds. The van der Waals surface area contributed by atoms with Gasteiger partial charge in [-0.3, -0.25) is 4.79 Å². The first-order valence-corrected chi connectivity index (χ1v) is 10.3. The first-order chi connectivity index (χ1) is 14.0. The normalized spacial score (nSPS) is 42.0. The molecule has 6 unspecified atom stereocenters. The van der Waals surface area contributed by atoms with Gasteiger partial charge in [0.2, 0.25) is 0 Å². The van der Waals surface area contributed by atoms with E-state index in [1.54, 1.807) is 26.8 Å². The molecule has 0 aromatic carbocycles. The molecule has 2 aliphatic carbocycles. The fourth-order valence-electron chi connectivity index (χ4n) is 5.54. The Balaban J connectivity index is 1.82. The third-order valence-electron chi connectivity index (χ3n) is 7.22. The number of aliphatic hydroxyl groups is 1.